The molecule has 1 N–H and O–H groups in total. The zero-order valence-electron chi connectivity index (χ0n) is 18.6. The van der Waals surface area contributed by atoms with Gasteiger partial charge in [0.1, 0.15) is 5.75 Å². The Kier molecular flexibility index (Phi) is 6.77. The number of carbonyl (C=O) groups is 1. The number of hydrogen-bond acceptors (Lipinski definition) is 5. The van der Waals surface area contributed by atoms with Gasteiger partial charge in [0.15, 0.2) is 0 Å². The molecule has 2 aliphatic heterocycles. The maximum absolute atomic E-state index is 12.9. The number of alkyl halides is 3. The number of piperidine rings is 1. The molecule has 0 aromatic heterocycles. The average Bonchev–Trinajstić information content (AvgIpc) is 3.20. The largest absolute Gasteiger partial charge is 0.573 e. The van der Waals surface area contributed by atoms with Crippen molar-refractivity contribution in [2.75, 3.05) is 36.4 Å². The number of rotatable bonds is 6. The summed E-state index contributed by atoms with van der Waals surface area (Å²) in [6.45, 7) is 4.13. The third-order valence-electron chi connectivity index (χ3n) is 6.23. The van der Waals surface area contributed by atoms with Gasteiger partial charge in [-0.05, 0) is 56.0 Å². The van der Waals surface area contributed by atoms with Gasteiger partial charge in [-0.1, -0.05) is 12.1 Å². The van der Waals surface area contributed by atoms with Gasteiger partial charge in [-0.25, -0.2) is 8.42 Å². The van der Waals surface area contributed by atoms with Crippen LogP contribution in [0.4, 0.5) is 24.5 Å². The van der Waals surface area contributed by atoms with Crippen LogP contribution in [0.15, 0.2) is 47.4 Å². The quantitative estimate of drug-likeness (QED) is 0.653. The summed E-state index contributed by atoms with van der Waals surface area (Å²) in [5.41, 5.74) is 3.08. The monoisotopic (exact) mass is 497 g/mol. The molecule has 11 heteroatoms. The lowest BCUT2D eigenvalue weighted by Crippen LogP contribution is -2.41. The fourth-order valence-corrected chi connectivity index (χ4v) is 5.94. The molecular weight excluding hydrogens is 471 g/mol. The first kappa shape index (κ1) is 24.3. The van der Waals surface area contributed by atoms with Gasteiger partial charge < -0.3 is 15.0 Å². The van der Waals surface area contributed by atoms with Gasteiger partial charge in [-0.3, -0.25) is 4.79 Å². The number of likely N-dealkylation sites (N-methyl/N-ethyl adjacent to an activating group) is 1. The van der Waals surface area contributed by atoms with Crippen LogP contribution in [0, 0.1) is 5.92 Å². The summed E-state index contributed by atoms with van der Waals surface area (Å²) in [4.78, 5) is 14.8. The van der Waals surface area contributed by atoms with Crippen LogP contribution in [0.3, 0.4) is 0 Å². The molecule has 0 radical (unpaired) electrons. The molecule has 34 heavy (non-hydrogen) atoms. The molecule has 0 aliphatic carbocycles. The van der Waals surface area contributed by atoms with Crippen molar-refractivity contribution in [2.24, 2.45) is 5.92 Å². The maximum Gasteiger partial charge on any atom is 0.573 e. The highest BCUT2D eigenvalue weighted by molar-refractivity contribution is 7.89. The van der Waals surface area contributed by atoms with Crippen molar-refractivity contribution >= 4 is 27.3 Å². The van der Waals surface area contributed by atoms with E-state index in [9.17, 15) is 26.4 Å². The van der Waals surface area contributed by atoms with Crippen LogP contribution in [0.5, 0.6) is 5.75 Å². The predicted molar refractivity (Wildman–Crippen MR) is 121 cm³/mol. The van der Waals surface area contributed by atoms with E-state index in [2.05, 4.69) is 21.9 Å². The number of nitrogens with zero attached hydrogens (tertiary/aromatic N) is 2. The molecule has 1 saturated heterocycles. The van der Waals surface area contributed by atoms with E-state index < -0.39 is 22.1 Å². The summed E-state index contributed by atoms with van der Waals surface area (Å²) >= 11 is 0. The Morgan fingerprint density at radius 1 is 1.12 bits per heavy atom. The Balaban J connectivity index is 1.38. The fourth-order valence-electron chi connectivity index (χ4n) is 4.44. The molecule has 0 saturated carbocycles. The van der Waals surface area contributed by atoms with Crippen LogP contribution in [0.1, 0.15) is 25.3 Å². The van der Waals surface area contributed by atoms with Crippen molar-refractivity contribution < 1.29 is 31.1 Å². The number of anilines is 2. The van der Waals surface area contributed by atoms with Crippen LogP contribution in [-0.2, 0) is 21.2 Å². The lowest BCUT2D eigenvalue weighted by Gasteiger charge is -2.30. The second-order valence-corrected chi connectivity index (χ2v) is 10.3. The molecule has 2 aromatic carbocycles. The molecule has 2 aromatic rings. The van der Waals surface area contributed by atoms with Gasteiger partial charge >= 0.3 is 6.36 Å². The normalized spacial score (nSPS) is 17.5. The van der Waals surface area contributed by atoms with Crippen LogP contribution < -0.4 is 15.0 Å². The second kappa shape index (κ2) is 9.46. The van der Waals surface area contributed by atoms with Gasteiger partial charge in [-0.15, -0.1) is 13.2 Å². The first-order chi connectivity index (χ1) is 16.1. The SMILES string of the molecule is CCN1CCc2ccc(NC(=O)C3CCN(S(=O)(=O)c4cccc(OC(F)(F)F)c4)CC3)cc21. The Bertz CT molecular complexity index is 1160. The summed E-state index contributed by atoms with van der Waals surface area (Å²) in [6.07, 6.45) is -3.30. The molecule has 2 heterocycles. The highest BCUT2D eigenvalue weighted by atomic mass is 32.2. The fraction of sp³-hybridized carbons (Fsp3) is 0.435. The molecule has 7 nitrogen and oxygen atoms in total. The van der Waals surface area contributed by atoms with Gasteiger partial charge in [0.2, 0.25) is 15.9 Å². The minimum atomic E-state index is -4.91. The number of nitrogens with one attached hydrogen (secondary N) is 1. The van der Waals surface area contributed by atoms with Gasteiger partial charge in [0.25, 0.3) is 0 Å². The predicted octanol–water partition coefficient (Wildman–Crippen LogP) is 4.01. The van der Waals surface area contributed by atoms with E-state index in [1.165, 1.54) is 22.0 Å². The van der Waals surface area contributed by atoms with E-state index >= 15 is 0 Å². The molecule has 0 atom stereocenters. The number of halogens is 3. The Morgan fingerprint density at radius 2 is 1.85 bits per heavy atom. The number of carbonyl (C=O) groups excluding carboxylic acids is 1. The van der Waals surface area contributed by atoms with Gasteiger partial charge in [0.05, 0.1) is 4.90 Å². The lowest BCUT2D eigenvalue weighted by molar-refractivity contribution is -0.274. The molecule has 4 rings (SSSR count). The van der Waals surface area contributed by atoms with Crippen molar-refractivity contribution in [1.82, 2.24) is 4.31 Å². The summed E-state index contributed by atoms with van der Waals surface area (Å²) in [5, 5.41) is 2.94. The van der Waals surface area contributed by atoms with E-state index in [1.54, 1.807) is 0 Å². The first-order valence-electron chi connectivity index (χ1n) is 11.1. The van der Waals surface area contributed by atoms with Crippen molar-refractivity contribution in [1.29, 1.82) is 0 Å². The summed E-state index contributed by atoms with van der Waals surface area (Å²) in [7, 11) is -4.02. The number of ether oxygens (including phenoxy) is 1. The van der Waals surface area contributed by atoms with E-state index in [4.69, 9.17) is 0 Å². The first-order valence-corrected chi connectivity index (χ1v) is 12.6. The smallest absolute Gasteiger partial charge is 0.406 e. The number of fused-ring (bicyclic) bond motifs is 1. The Labute approximate surface area is 196 Å². The van der Waals surface area contributed by atoms with Crippen LogP contribution in [0.25, 0.3) is 0 Å². The number of hydrogen-bond donors (Lipinski definition) is 1. The zero-order valence-corrected chi connectivity index (χ0v) is 19.5. The number of sulfonamides is 1. The highest BCUT2D eigenvalue weighted by Gasteiger charge is 2.34. The maximum atomic E-state index is 12.9. The molecule has 0 unspecified atom stereocenters. The minimum Gasteiger partial charge on any atom is -0.406 e. The van der Waals surface area contributed by atoms with Crippen molar-refractivity contribution in [3.8, 4) is 5.75 Å². The Hall–Kier alpha value is -2.79. The van der Waals surface area contributed by atoms with E-state index in [-0.39, 0.29) is 29.8 Å². The zero-order chi connectivity index (χ0) is 24.5. The van der Waals surface area contributed by atoms with Gasteiger partial charge in [-0.2, -0.15) is 4.31 Å². The summed E-state index contributed by atoms with van der Waals surface area (Å²) in [6, 6.07) is 10.2. The van der Waals surface area contributed by atoms with Crippen LogP contribution in [0.2, 0.25) is 0 Å². The van der Waals surface area contributed by atoms with Crippen molar-refractivity contribution in [2.45, 2.75) is 37.4 Å². The second-order valence-electron chi connectivity index (χ2n) is 8.36. The van der Waals surface area contributed by atoms with Crippen molar-refractivity contribution in [3.63, 3.8) is 0 Å². The highest BCUT2D eigenvalue weighted by Crippen LogP contribution is 2.32. The summed E-state index contributed by atoms with van der Waals surface area (Å²) < 4.78 is 68.3. The summed E-state index contributed by atoms with van der Waals surface area (Å²) in [5.74, 6) is -1.13. The third-order valence-corrected chi connectivity index (χ3v) is 8.12. The lowest BCUT2D eigenvalue weighted by atomic mass is 9.97. The topological polar surface area (TPSA) is 79.0 Å². The molecule has 1 fully saturated rings. The molecular formula is C23H26F3N3O4S. The molecule has 2 aliphatic rings. The number of amides is 1. The van der Waals surface area contributed by atoms with E-state index in [0.29, 0.717) is 18.5 Å². The van der Waals surface area contributed by atoms with Crippen LogP contribution in [-0.4, -0.2) is 51.2 Å². The van der Waals surface area contributed by atoms with E-state index in [0.717, 1.165) is 37.3 Å². The van der Waals surface area contributed by atoms with E-state index in [1.807, 2.05) is 18.2 Å². The van der Waals surface area contributed by atoms with Gasteiger partial charge in [0, 0.05) is 49.5 Å². The molecule has 0 spiro atoms. The molecule has 1 amide bonds. The number of benzene rings is 2. The third kappa shape index (κ3) is 5.30. The van der Waals surface area contributed by atoms with Crippen LogP contribution >= 0.6 is 0 Å². The molecule has 184 valence electrons. The molecule has 0 bridgehead atoms. The van der Waals surface area contributed by atoms with Crippen molar-refractivity contribution in [3.05, 3.63) is 48.0 Å². The minimum absolute atomic E-state index is 0.0958. The standard InChI is InChI=1S/C23H26F3N3O4S/c1-2-28-11-8-16-6-7-18(14-21(16)28)27-22(30)17-9-12-29(13-10-17)34(31,32)20-5-3-4-19(15-20)33-23(24,25)26/h3-7,14-15,17H,2,8-13H2,1H3,(H,27,30). The Morgan fingerprint density at radius 3 is 2.53 bits per heavy atom. The average molecular weight is 498 g/mol.